The van der Waals surface area contributed by atoms with Crippen molar-refractivity contribution in [2.45, 2.75) is 30.2 Å². The van der Waals surface area contributed by atoms with Crippen molar-refractivity contribution in [2.75, 3.05) is 6.54 Å². The van der Waals surface area contributed by atoms with Crippen LogP contribution in [0.2, 0.25) is 0 Å². The summed E-state index contributed by atoms with van der Waals surface area (Å²) in [6, 6.07) is 8.15. The molecule has 1 fully saturated rings. The first-order valence-corrected chi connectivity index (χ1v) is 6.48. The van der Waals surface area contributed by atoms with Gasteiger partial charge in [0.1, 0.15) is 11.0 Å². The van der Waals surface area contributed by atoms with Crippen LogP contribution >= 0.6 is 0 Å². The van der Waals surface area contributed by atoms with Crippen LogP contribution in [-0.2, 0) is 11.0 Å². The number of nitrogens with one attached hydrogen (secondary N) is 1. The van der Waals surface area contributed by atoms with Crippen LogP contribution in [0.5, 0.6) is 0 Å². The maximum Gasteiger partial charge on any atom is 0.122 e. The summed E-state index contributed by atoms with van der Waals surface area (Å²) in [5.41, 5.74) is 1.20. The quantitative estimate of drug-likeness (QED) is 0.799. The van der Waals surface area contributed by atoms with Gasteiger partial charge in [-0.2, -0.15) is 0 Å². The lowest BCUT2D eigenvalue weighted by Crippen LogP contribution is -2.26. The molecule has 1 heterocycles. The van der Waals surface area contributed by atoms with Gasteiger partial charge in [-0.25, -0.2) is 9.35 Å². The van der Waals surface area contributed by atoms with Crippen LogP contribution in [0.4, 0.5) is 0 Å². The predicted molar refractivity (Wildman–Crippen MR) is 61.6 cm³/mol. The van der Waals surface area contributed by atoms with Crippen LogP contribution in [0.3, 0.4) is 0 Å². The Morgan fingerprint density at radius 2 is 2.27 bits per heavy atom. The first-order chi connectivity index (χ1) is 7.27. The summed E-state index contributed by atoms with van der Waals surface area (Å²) in [6.45, 7) is 1.07. The van der Waals surface area contributed by atoms with Gasteiger partial charge in [-0.15, -0.1) is 0 Å². The minimum Gasteiger partial charge on any atom is -0.310 e. The monoisotopic (exact) mass is 224 g/mol. The molecular weight excluding hydrogens is 208 g/mol. The van der Waals surface area contributed by atoms with E-state index in [0.717, 1.165) is 13.0 Å². The molecule has 1 aliphatic heterocycles. The molecule has 0 amide bonds. The van der Waals surface area contributed by atoms with Crippen molar-refractivity contribution < 1.29 is 4.21 Å². The summed E-state index contributed by atoms with van der Waals surface area (Å²) in [7, 11) is -1.37. The Morgan fingerprint density at radius 1 is 1.40 bits per heavy atom. The van der Waals surface area contributed by atoms with Crippen molar-refractivity contribution in [3.8, 4) is 0 Å². The number of hydrogen-bond acceptors (Lipinski definition) is 2. The molecule has 4 heteroatoms. The number of piperidine rings is 1. The summed E-state index contributed by atoms with van der Waals surface area (Å²) in [5.74, 6) is 0. The minimum atomic E-state index is -1.37. The number of hydrogen-bond donors (Lipinski definition) is 2. The van der Waals surface area contributed by atoms with Gasteiger partial charge in [0.25, 0.3) is 0 Å². The SMILES string of the molecule is NS(=O)c1cccc(C2CCCCN2)c1. The van der Waals surface area contributed by atoms with Gasteiger partial charge in [-0.05, 0) is 37.1 Å². The zero-order chi connectivity index (χ0) is 10.7. The molecule has 2 unspecified atom stereocenters. The highest BCUT2D eigenvalue weighted by Crippen LogP contribution is 2.23. The van der Waals surface area contributed by atoms with Gasteiger partial charge in [0.05, 0.1) is 4.90 Å². The molecule has 3 N–H and O–H groups in total. The molecule has 3 nitrogen and oxygen atoms in total. The second kappa shape index (κ2) is 4.88. The highest BCUT2D eigenvalue weighted by atomic mass is 32.2. The van der Waals surface area contributed by atoms with E-state index < -0.39 is 11.0 Å². The molecule has 1 aromatic carbocycles. The summed E-state index contributed by atoms with van der Waals surface area (Å²) < 4.78 is 11.1. The molecule has 0 spiro atoms. The van der Waals surface area contributed by atoms with Crippen LogP contribution in [0.25, 0.3) is 0 Å². The van der Waals surface area contributed by atoms with Gasteiger partial charge in [-0.1, -0.05) is 18.6 Å². The van der Waals surface area contributed by atoms with E-state index >= 15 is 0 Å². The van der Waals surface area contributed by atoms with Crippen molar-refractivity contribution in [2.24, 2.45) is 5.14 Å². The Hall–Kier alpha value is -0.710. The van der Waals surface area contributed by atoms with Gasteiger partial charge in [0.15, 0.2) is 0 Å². The second-order valence-corrected chi connectivity index (χ2v) is 4.94. The average Bonchev–Trinajstić information content (AvgIpc) is 2.30. The number of benzene rings is 1. The third-order valence-corrected chi connectivity index (χ3v) is 3.52. The molecule has 1 saturated heterocycles. The molecule has 2 atom stereocenters. The maximum atomic E-state index is 11.1. The van der Waals surface area contributed by atoms with Crippen LogP contribution in [-0.4, -0.2) is 10.8 Å². The Kier molecular flexibility index (Phi) is 3.51. The van der Waals surface area contributed by atoms with Crippen LogP contribution in [0, 0.1) is 0 Å². The summed E-state index contributed by atoms with van der Waals surface area (Å²) in [6.07, 6.45) is 3.66. The van der Waals surface area contributed by atoms with Crippen LogP contribution in [0.15, 0.2) is 29.2 Å². The lowest BCUT2D eigenvalue weighted by atomic mass is 9.98. The van der Waals surface area contributed by atoms with Crippen LogP contribution < -0.4 is 10.5 Å². The molecular formula is C11H16N2OS. The first kappa shape index (κ1) is 10.8. The van der Waals surface area contributed by atoms with Gasteiger partial charge in [0.2, 0.25) is 0 Å². The van der Waals surface area contributed by atoms with E-state index in [-0.39, 0.29) is 0 Å². The van der Waals surface area contributed by atoms with E-state index in [4.69, 9.17) is 5.14 Å². The van der Waals surface area contributed by atoms with E-state index in [1.807, 2.05) is 18.2 Å². The molecule has 0 aromatic heterocycles. The molecule has 1 aliphatic rings. The Bertz CT molecular complexity index is 361. The molecule has 82 valence electrons. The molecule has 0 aliphatic carbocycles. The van der Waals surface area contributed by atoms with Crippen LogP contribution in [0.1, 0.15) is 30.9 Å². The molecule has 0 radical (unpaired) electrons. The van der Waals surface area contributed by atoms with E-state index in [0.29, 0.717) is 10.9 Å². The molecule has 0 saturated carbocycles. The topological polar surface area (TPSA) is 55.1 Å². The van der Waals surface area contributed by atoms with E-state index in [1.54, 1.807) is 0 Å². The smallest absolute Gasteiger partial charge is 0.122 e. The molecule has 0 bridgehead atoms. The minimum absolute atomic E-state index is 0.405. The normalized spacial score (nSPS) is 23.7. The maximum absolute atomic E-state index is 11.1. The Labute approximate surface area is 92.6 Å². The van der Waals surface area contributed by atoms with Gasteiger partial charge in [0, 0.05) is 6.04 Å². The summed E-state index contributed by atoms with van der Waals surface area (Å²) >= 11 is 0. The summed E-state index contributed by atoms with van der Waals surface area (Å²) in [5, 5.41) is 8.83. The largest absolute Gasteiger partial charge is 0.310 e. The first-order valence-electron chi connectivity index (χ1n) is 5.27. The van der Waals surface area contributed by atoms with Crippen molar-refractivity contribution in [3.05, 3.63) is 29.8 Å². The van der Waals surface area contributed by atoms with Crippen molar-refractivity contribution in [1.29, 1.82) is 0 Å². The zero-order valence-corrected chi connectivity index (χ0v) is 9.43. The fourth-order valence-electron chi connectivity index (χ4n) is 1.99. The lowest BCUT2D eigenvalue weighted by molar-refractivity contribution is 0.412. The van der Waals surface area contributed by atoms with Gasteiger partial charge >= 0.3 is 0 Å². The van der Waals surface area contributed by atoms with Gasteiger partial charge < -0.3 is 5.32 Å². The van der Waals surface area contributed by atoms with E-state index in [1.165, 1.54) is 18.4 Å². The van der Waals surface area contributed by atoms with Crippen molar-refractivity contribution in [3.63, 3.8) is 0 Å². The van der Waals surface area contributed by atoms with Crippen molar-refractivity contribution in [1.82, 2.24) is 5.32 Å². The zero-order valence-electron chi connectivity index (χ0n) is 8.61. The summed E-state index contributed by atoms with van der Waals surface area (Å²) in [4.78, 5) is 0.708. The standard InChI is InChI=1S/C11H16N2OS/c12-15(14)10-5-3-4-9(8-10)11-6-1-2-7-13-11/h3-5,8,11,13H,1-2,6-7,12H2. The number of rotatable bonds is 2. The second-order valence-electron chi connectivity index (χ2n) is 3.87. The number of nitrogens with two attached hydrogens (primary N) is 1. The molecule has 15 heavy (non-hydrogen) atoms. The van der Waals surface area contributed by atoms with E-state index in [2.05, 4.69) is 11.4 Å². The Balaban J connectivity index is 2.19. The third kappa shape index (κ3) is 2.65. The molecule has 1 aromatic rings. The lowest BCUT2D eigenvalue weighted by Gasteiger charge is -2.24. The highest BCUT2D eigenvalue weighted by molar-refractivity contribution is 7.82. The fraction of sp³-hybridized carbons (Fsp3) is 0.455. The predicted octanol–water partition coefficient (Wildman–Crippen LogP) is 1.48. The highest BCUT2D eigenvalue weighted by Gasteiger charge is 2.14. The average molecular weight is 224 g/mol. The van der Waals surface area contributed by atoms with E-state index in [9.17, 15) is 4.21 Å². The van der Waals surface area contributed by atoms with Gasteiger partial charge in [-0.3, -0.25) is 0 Å². The van der Waals surface area contributed by atoms with Crippen molar-refractivity contribution >= 4 is 11.0 Å². The third-order valence-electron chi connectivity index (χ3n) is 2.80. The Morgan fingerprint density at radius 3 is 2.93 bits per heavy atom. The fourth-order valence-corrected chi connectivity index (χ4v) is 2.46. The molecule has 2 rings (SSSR count).